The van der Waals surface area contributed by atoms with Crippen LogP contribution < -0.4 is 5.73 Å². The van der Waals surface area contributed by atoms with E-state index in [0.717, 1.165) is 27.8 Å². The van der Waals surface area contributed by atoms with Gasteiger partial charge in [0.1, 0.15) is 5.82 Å². The number of nitrogens with zero attached hydrogens (tertiary/aromatic N) is 2. The van der Waals surface area contributed by atoms with E-state index in [1.807, 2.05) is 19.2 Å². The number of benzene rings is 1. The van der Waals surface area contributed by atoms with E-state index < -0.39 is 0 Å². The fraction of sp³-hybridized carbons (Fsp3) is 0.462. The molecule has 0 radical (unpaired) electrons. The minimum Gasteiger partial charge on any atom is -0.330 e. The third kappa shape index (κ3) is 2.24. The molecule has 0 amide bonds. The topological polar surface area (TPSA) is 43.8 Å². The summed E-state index contributed by atoms with van der Waals surface area (Å²) in [6, 6.07) is 6.13. The van der Waals surface area contributed by atoms with E-state index in [4.69, 9.17) is 5.73 Å². The van der Waals surface area contributed by atoms with Gasteiger partial charge in [-0.3, -0.25) is 0 Å². The fourth-order valence-electron chi connectivity index (χ4n) is 2.00. The van der Waals surface area contributed by atoms with Crippen LogP contribution in [0.1, 0.15) is 32.1 Å². The summed E-state index contributed by atoms with van der Waals surface area (Å²) in [5, 5.41) is 0. The van der Waals surface area contributed by atoms with Gasteiger partial charge in [-0.25, -0.2) is 4.98 Å². The number of aryl methyl sites for hydroxylation is 1. The molecule has 4 heteroatoms. The Hall–Kier alpha value is -0.870. The average Bonchev–Trinajstić information content (AvgIpc) is 2.64. The second kappa shape index (κ2) is 4.78. The van der Waals surface area contributed by atoms with Crippen LogP contribution in [0.25, 0.3) is 11.0 Å². The number of fused-ring (bicyclic) bond motifs is 1. The van der Waals surface area contributed by atoms with Crippen molar-refractivity contribution in [2.45, 2.75) is 26.3 Å². The highest BCUT2D eigenvalue weighted by molar-refractivity contribution is 9.10. The largest absolute Gasteiger partial charge is 0.330 e. The zero-order chi connectivity index (χ0) is 12.6. The first kappa shape index (κ1) is 12.6. The lowest BCUT2D eigenvalue weighted by molar-refractivity contribution is 0.432. The Kier molecular flexibility index (Phi) is 3.54. The van der Waals surface area contributed by atoms with Gasteiger partial charge in [-0.15, -0.1) is 0 Å². The van der Waals surface area contributed by atoms with Crippen LogP contribution in [-0.4, -0.2) is 9.55 Å². The van der Waals surface area contributed by atoms with E-state index in [1.54, 1.807) is 0 Å². The normalized spacial score (nSPS) is 15.1. The Balaban J connectivity index is 2.52. The first-order chi connectivity index (χ1) is 8.04. The first-order valence-electron chi connectivity index (χ1n) is 5.92. The van der Waals surface area contributed by atoms with Gasteiger partial charge in [-0.1, -0.05) is 36.2 Å². The second-order valence-electron chi connectivity index (χ2n) is 4.57. The molecule has 0 aliphatic heterocycles. The average molecular weight is 296 g/mol. The van der Waals surface area contributed by atoms with Crippen molar-refractivity contribution >= 4 is 27.0 Å². The Labute approximate surface area is 110 Å². The van der Waals surface area contributed by atoms with Crippen molar-refractivity contribution < 1.29 is 0 Å². The summed E-state index contributed by atoms with van der Waals surface area (Å²) in [6.07, 6.45) is 1.06. The molecule has 2 aromatic rings. The maximum absolute atomic E-state index is 6.26. The number of halogens is 1. The summed E-state index contributed by atoms with van der Waals surface area (Å²) in [5.41, 5.74) is 8.38. The van der Waals surface area contributed by atoms with E-state index in [1.165, 1.54) is 0 Å². The van der Waals surface area contributed by atoms with Crippen molar-refractivity contribution in [1.29, 1.82) is 0 Å². The lowest BCUT2D eigenvalue weighted by Gasteiger charge is -2.17. The summed E-state index contributed by atoms with van der Waals surface area (Å²) in [6.45, 7) is 4.32. The van der Waals surface area contributed by atoms with Gasteiger partial charge >= 0.3 is 0 Å². The predicted molar refractivity (Wildman–Crippen MR) is 74.8 cm³/mol. The maximum atomic E-state index is 6.26. The van der Waals surface area contributed by atoms with Gasteiger partial charge in [0.05, 0.1) is 17.1 Å². The molecule has 1 aromatic carbocycles. The third-order valence-electron chi connectivity index (χ3n) is 3.43. The molecule has 92 valence electrons. The molecular weight excluding hydrogens is 278 g/mol. The molecule has 2 unspecified atom stereocenters. The number of imidazole rings is 1. The maximum Gasteiger partial charge on any atom is 0.126 e. The Morgan fingerprint density at radius 3 is 2.82 bits per heavy atom. The van der Waals surface area contributed by atoms with Crippen LogP contribution in [0, 0.1) is 5.92 Å². The molecule has 1 aromatic heterocycles. The molecule has 0 saturated heterocycles. The highest BCUT2D eigenvalue weighted by Gasteiger charge is 2.19. The van der Waals surface area contributed by atoms with E-state index in [9.17, 15) is 0 Å². The van der Waals surface area contributed by atoms with Crippen LogP contribution in [0.15, 0.2) is 22.7 Å². The van der Waals surface area contributed by atoms with E-state index in [-0.39, 0.29) is 6.04 Å². The third-order valence-corrected chi connectivity index (χ3v) is 3.93. The predicted octanol–water partition coefficient (Wildman–Crippen LogP) is 3.38. The zero-order valence-electron chi connectivity index (χ0n) is 10.4. The number of aromatic nitrogens is 2. The minimum atomic E-state index is -0.00354. The Bertz CT molecular complexity index is 533. The molecule has 3 nitrogen and oxygen atoms in total. The van der Waals surface area contributed by atoms with Crippen molar-refractivity contribution in [3.05, 3.63) is 28.5 Å². The SMILES string of the molecule is CCC(C)C(N)c1nc2cc(Br)ccc2n1C. The van der Waals surface area contributed by atoms with Gasteiger partial charge in [0.2, 0.25) is 0 Å². The molecule has 0 spiro atoms. The minimum absolute atomic E-state index is 0.00354. The number of hydrogen-bond acceptors (Lipinski definition) is 2. The highest BCUT2D eigenvalue weighted by atomic mass is 79.9. The second-order valence-corrected chi connectivity index (χ2v) is 5.49. The monoisotopic (exact) mass is 295 g/mol. The van der Waals surface area contributed by atoms with Gasteiger partial charge in [0.15, 0.2) is 0 Å². The van der Waals surface area contributed by atoms with Crippen LogP contribution in [-0.2, 0) is 7.05 Å². The summed E-state index contributed by atoms with van der Waals surface area (Å²) in [4.78, 5) is 4.65. The van der Waals surface area contributed by atoms with Crippen LogP contribution in [0.4, 0.5) is 0 Å². The smallest absolute Gasteiger partial charge is 0.126 e. The summed E-state index contributed by atoms with van der Waals surface area (Å²) in [5.74, 6) is 1.40. The van der Waals surface area contributed by atoms with Gasteiger partial charge in [0, 0.05) is 11.5 Å². The van der Waals surface area contributed by atoms with Crippen LogP contribution in [0.5, 0.6) is 0 Å². The summed E-state index contributed by atoms with van der Waals surface area (Å²) < 4.78 is 3.14. The van der Waals surface area contributed by atoms with Crippen LogP contribution in [0.3, 0.4) is 0 Å². The molecule has 0 bridgehead atoms. The Morgan fingerprint density at radius 1 is 1.47 bits per heavy atom. The number of nitrogens with two attached hydrogens (primary N) is 1. The van der Waals surface area contributed by atoms with E-state index in [2.05, 4.69) is 45.4 Å². The molecule has 2 N–H and O–H groups in total. The van der Waals surface area contributed by atoms with Crippen molar-refractivity contribution in [1.82, 2.24) is 9.55 Å². The van der Waals surface area contributed by atoms with Crippen LogP contribution in [0.2, 0.25) is 0 Å². The van der Waals surface area contributed by atoms with E-state index in [0.29, 0.717) is 5.92 Å². The molecule has 17 heavy (non-hydrogen) atoms. The lowest BCUT2D eigenvalue weighted by atomic mass is 9.99. The van der Waals surface area contributed by atoms with Gasteiger partial charge in [-0.2, -0.15) is 0 Å². The van der Waals surface area contributed by atoms with Crippen molar-refractivity contribution in [3.63, 3.8) is 0 Å². The Morgan fingerprint density at radius 2 is 2.18 bits per heavy atom. The quantitative estimate of drug-likeness (QED) is 0.943. The van der Waals surface area contributed by atoms with Crippen molar-refractivity contribution in [2.24, 2.45) is 18.7 Å². The molecule has 2 rings (SSSR count). The molecule has 1 heterocycles. The van der Waals surface area contributed by atoms with Crippen molar-refractivity contribution in [2.75, 3.05) is 0 Å². The summed E-state index contributed by atoms with van der Waals surface area (Å²) in [7, 11) is 2.03. The van der Waals surface area contributed by atoms with Gasteiger partial charge < -0.3 is 10.3 Å². The van der Waals surface area contributed by atoms with E-state index >= 15 is 0 Å². The molecule has 0 saturated carbocycles. The van der Waals surface area contributed by atoms with Crippen molar-refractivity contribution in [3.8, 4) is 0 Å². The van der Waals surface area contributed by atoms with Gasteiger partial charge in [0.25, 0.3) is 0 Å². The molecule has 0 aliphatic rings. The van der Waals surface area contributed by atoms with Crippen LogP contribution >= 0.6 is 15.9 Å². The first-order valence-corrected chi connectivity index (χ1v) is 6.71. The molecule has 0 aliphatic carbocycles. The number of hydrogen-bond donors (Lipinski definition) is 1. The molecular formula is C13H18BrN3. The molecule has 2 atom stereocenters. The lowest BCUT2D eigenvalue weighted by Crippen LogP contribution is -2.22. The summed E-state index contributed by atoms with van der Waals surface area (Å²) >= 11 is 3.47. The standard InChI is InChI=1S/C13H18BrN3/c1-4-8(2)12(15)13-16-10-7-9(14)5-6-11(10)17(13)3/h5-8,12H,4,15H2,1-3H3. The zero-order valence-corrected chi connectivity index (χ0v) is 12.0. The van der Waals surface area contributed by atoms with Gasteiger partial charge in [-0.05, 0) is 24.1 Å². The number of rotatable bonds is 3. The molecule has 0 fully saturated rings. The fourth-order valence-corrected chi connectivity index (χ4v) is 2.35. The highest BCUT2D eigenvalue weighted by Crippen LogP contribution is 2.26.